The number of nitrogens with zero attached hydrogens (tertiary/aromatic N) is 1. The molecule has 0 saturated heterocycles. The molecule has 1 amide bonds. The fraction of sp³-hybridized carbons (Fsp3) is 0.571. The topological polar surface area (TPSA) is 69.6 Å². The Morgan fingerprint density at radius 3 is 2.70 bits per heavy atom. The summed E-state index contributed by atoms with van der Waals surface area (Å²) in [6.07, 6.45) is 2.16. The summed E-state index contributed by atoms with van der Waals surface area (Å²) in [6.45, 7) is 2.66. The van der Waals surface area contributed by atoms with Crippen molar-refractivity contribution < 1.29 is 14.7 Å². The molecule has 0 aliphatic carbocycles. The predicted molar refractivity (Wildman–Crippen MR) is 80.1 cm³/mol. The standard InChI is InChI=1S/C14H22N2O3S/c1-4-5-6-11(14(18)19)15-13(17)12-10(7-8-20-12)9-16(2)3/h7-8,11H,4-6,9H2,1-3H3,(H,15,17)(H,18,19). The van der Waals surface area contributed by atoms with Crippen LogP contribution in [0.4, 0.5) is 0 Å². The van der Waals surface area contributed by atoms with Gasteiger partial charge in [0.05, 0.1) is 4.88 Å². The number of aliphatic carboxylic acids is 1. The maximum Gasteiger partial charge on any atom is 0.326 e. The Hall–Kier alpha value is -1.40. The van der Waals surface area contributed by atoms with Crippen LogP contribution in [0, 0.1) is 0 Å². The molecular weight excluding hydrogens is 276 g/mol. The van der Waals surface area contributed by atoms with Gasteiger partial charge in [-0.15, -0.1) is 11.3 Å². The van der Waals surface area contributed by atoms with Crippen LogP contribution in [0.5, 0.6) is 0 Å². The SMILES string of the molecule is CCCCC(NC(=O)c1sccc1CN(C)C)C(=O)O. The Morgan fingerprint density at radius 1 is 1.45 bits per heavy atom. The lowest BCUT2D eigenvalue weighted by atomic mass is 10.1. The number of unbranched alkanes of at least 4 members (excludes halogenated alkanes) is 1. The molecule has 0 spiro atoms. The van der Waals surface area contributed by atoms with Crippen LogP contribution < -0.4 is 5.32 Å². The summed E-state index contributed by atoms with van der Waals surface area (Å²) in [5.41, 5.74) is 0.928. The van der Waals surface area contributed by atoms with Crippen LogP contribution in [0.2, 0.25) is 0 Å². The zero-order valence-corrected chi connectivity index (χ0v) is 13.0. The van der Waals surface area contributed by atoms with E-state index in [1.807, 2.05) is 37.4 Å². The van der Waals surface area contributed by atoms with Gasteiger partial charge in [0.25, 0.3) is 5.91 Å². The van der Waals surface area contributed by atoms with Crippen molar-refractivity contribution in [2.45, 2.75) is 38.8 Å². The van der Waals surface area contributed by atoms with Crippen LogP contribution in [-0.4, -0.2) is 42.0 Å². The van der Waals surface area contributed by atoms with Crippen LogP contribution >= 0.6 is 11.3 Å². The molecule has 1 unspecified atom stereocenters. The molecule has 0 aliphatic rings. The van der Waals surface area contributed by atoms with E-state index in [1.165, 1.54) is 11.3 Å². The van der Waals surface area contributed by atoms with Crippen LogP contribution in [-0.2, 0) is 11.3 Å². The Balaban J connectivity index is 2.73. The van der Waals surface area contributed by atoms with E-state index < -0.39 is 12.0 Å². The molecule has 1 atom stereocenters. The summed E-state index contributed by atoms with van der Waals surface area (Å²) in [5.74, 6) is -1.27. The van der Waals surface area contributed by atoms with E-state index in [0.29, 0.717) is 17.8 Å². The van der Waals surface area contributed by atoms with Gasteiger partial charge in [0, 0.05) is 6.54 Å². The van der Waals surface area contributed by atoms with Gasteiger partial charge >= 0.3 is 5.97 Å². The van der Waals surface area contributed by atoms with Gasteiger partial charge in [-0.1, -0.05) is 19.8 Å². The molecule has 0 bridgehead atoms. The van der Waals surface area contributed by atoms with E-state index in [0.717, 1.165) is 18.4 Å². The predicted octanol–water partition coefficient (Wildman–Crippen LogP) is 2.18. The van der Waals surface area contributed by atoms with Gasteiger partial charge in [0.1, 0.15) is 6.04 Å². The highest BCUT2D eigenvalue weighted by molar-refractivity contribution is 7.12. The third-order valence-corrected chi connectivity index (χ3v) is 3.84. The van der Waals surface area contributed by atoms with Crippen molar-refractivity contribution >= 4 is 23.2 Å². The first-order valence-corrected chi connectivity index (χ1v) is 7.58. The van der Waals surface area contributed by atoms with Crippen LogP contribution in [0.1, 0.15) is 41.4 Å². The highest BCUT2D eigenvalue weighted by Gasteiger charge is 2.22. The van der Waals surface area contributed by atoms with Gasteiger partial charge < -0.3 is 15.3 Å². The fourth-order valence-corrected chi connectivity index (χ4v) is 2.71. The quantitative estimate of drug-likeness (QED) is 0.772. The van der Waals surface area contributed by atoms with Crippen molar-refractivity contribution in [3.8, 4) is 0 Å². The molecule has 0 aliphatic heterocycles. The van der Waals surface area contributed by atoms with Gasteiger partial charge in [0.2, 0.25) is 0 Å². The lowest BCUT2D eigenvalue weighted by Crippen LogP contribution is -2.40. The van der Waals surface area contributed by atoms with Gasteiger partial charge in [0.15, 0.2) is 0 Å². The summed E-state index contributed by atoms with van der Waals surface area (Å²) in [5, 5.41) is 13.6. The molecule has 0 radical (unpaired) electrons. The average Bonchev–Trinajstić information content (AvgIpc) is 2.81. The summed E-state index contributed by atoms with van der Waals surface area (Å²) in [7, 11) is 3.86. The molecule has 1 aromatic rings. The normalized spacial score (nSPS) is 12.4. The van der Waals surface area contributed by atoms with E-state index in [2.05, 4.69) is 5.32 Å². The summed E-state index contributed by atoms with van der Waals surface area (Å²) in [4.78, 5) is 25.9. The lowest BCUT2D eigenvalue weighted by Gasteiger charge is -2.15. The molecule has 112 valence electrons. The third kappa shape index (κ3) is 4.94. The largest absolute Gasteiger partial charge is 0.480 e. The second-order valence-electron chi connectivity index (χ2n) is 5.02. The molecule has 0 saturated carbocycles. The van der Waals surface area contributed by atoms with Crippen molar-refractivity contribution in [2.75, 3.05) is 14.1 Å². The first-order valence-electron chi connectivity index (χ1n) is 6.70. The van der Waals surface area contributed by atoms with Gasteiger partial charge in [-0.05, 0) is 37.5 Å². The molecule has 0 aromatic carbocycles. The van der Waals surface area contributed by atoms with Gasteiger partial charge in [-0.25, -0.2) is 4.79 Å². The number of carboxylic acids is 1. The van der Waals surface area contributed by atoms with E-state index in [-0.39, 0.29) is 5.91 Å². The highest BCUT2D eigenvalue weighted by Crippen LogP contribution is 2.18. The molecule has 5 nitrogen and oxygen atoms in total. The van der Waals surface area contributed by atoms with E-state index in [1.54, 1.807) is 0 Å². The number of hydrogen-bond donors (Lipinski definition) is 2. The van der Waals surface area contributed by atoms with Crippen molar-refractivity contribution in [3.63, 3.8) is 0 Å². The van der Waals surface area contributed by atoms with E-state index in [9.17, 15) is 9.59 Å². The zero-order chi connectivity index (χ0) is 15.1. The summed E-state index contributed by atoms with van der Waals surface area (Å²) >= 11 is 1.35. The number of thiophene rings is 1. The Labute approximate surface area is 123 Å². The number of carbonyl (C=O) groups excluding carboxylic acids is 1. The van der Waals surface area contributed by atoms with E-state index >= 15 is 0 Å². The van der Waals surface area contributed by atoms with Gasteiger partial charge in [-0.3, -0.25) is 4.79 Å². The van der Waals surface area contributed by atoms with Crippen molar-refractivity contribution in [1.29, 1.82) is 0 Å². The first-order chi connectivity index (χ1) is 9.45. The van der Waals surface area contributed by atoms with Crippen LogP contribution in [0.25, 0.3) is 0 Å². The van der Waals surface area contributed by atoms with Crippen molar-refractivity contribution in [2.24, 2.45) is 0 Å². The average molecular weight is 298 g/mol. The number of amides is 1. The minimum Gasteiger partial charge on any atom is -0.480 e. The lowest BCUT2D eigenvalue weighted by molar-refractivity contribution is -0.139. The van der Waals surface area contributed by atoms with Crippen LogP contribution in [0.3, 0.4) is 0 Å². The molecule has 0 fully saturated rings. The molecule has 1 aromatic heterocycles. The second kappa shape index (κ2) is 8.01. The van der Waals surface area contributed by atoms with Crippen molar-refractivity contribution in [3.05, 3.63) is 21.9 Å². The van der Waals surface area contributed by atoms with E-state index in [4.69, 9.17) is 5.11 Å². The monoisotopic (exact) mass is 298 g/mol. The molecule has 1 heterocycles. The number of carbonyl (C=O) groups is 2. The number of nitrogens with one attached hydrogen (secondary N) is 1. The third-order valence-electron chi connectivity index (χ3n) is 2.89. The fourth-order valence-electron chi connectivity index (χ4n) is 1.89. The van der Waals surface area contributed by atoms with Gasteiger partial charge in [-0.2, -0.15) is 0 Å². The highest BCUT2D eigenvalue weighted by atomic mass is 32.1. The molecule has 6 heteroatoms. The minimum atomic E-state index is -0.975. The Bertz CT molecular complexity index is 457. The molecule has 20 heavy (non-hydrogen) atoms. The summed E-state index contributed by atoms with van der Waals surface area (Å²) < 4.78 is 0. The first kappa shape index (κ1) is 16.7. The maximum absolute atomic E-state index is 12.2. The Kier molecular flexibility index (Phi) is 6.67. The number of rotatable bonds is 8. The number of carboxylic acid groups (broad SMARTS) is 1. The molecule has 1 rings (SSSR count). The maximum atomic E-state index is 12.2. The Morgan fingerprint density at radius 2 is 2.15 bits per heavy atom. The molecular formula is C14H22N2O3S. The number of hydrogen-bond acceptors (Lipinski definition) is 4. The minimum absolute atomic E-state index is 0.291. The summed E-state index contributed by atoms with van der Waals surface area (Å²) in [6, 6.07) is 1.10. The second-order valence-corrected chi connectivity index (χ2v) is 5.94. The zero-order valence-electron chi connectivity index (χ0n) is 12.2. The molecule has 2 N–H and O–H groups in total. The van der Waals surface area contributed by atoms with Crippen molar-refractivity contribution in [1.82, 2.24) is 10.2 Å². The smallest absolute Gasteiger partial charge is 0.326 e. The van der Waals surface area contributed by atoms with Crippen LogP contribution in [0.15, 0.2) is 11.4 Å².